The van der Waals surface area contributed by atoms with Crippen molar-refractivity contribution < 1.29 is 4.79 Å². The highest BCUT2D eigenvalue weighted by Crippen LogP contribution is 2.17. The number of carbonyl (C=O) groups is 1. The molecule has 1 aromatic carbocycles. The second-order valence-electron chi connectivity index (χ2n) is 3.70. The fraction of sp³-hybridized carbons (Fsp3) is 0.154. The van der Waals surface area contributed by atoms with Crippen molar-refractivity contribution in [3.63, 3.8) is 0 Å². The molecule has 82 valence electrons. The van der Waals surface area contributed by atoms with E-state index in [1.807, 2.05) is 6.92 Å². The second kappa shape index (κ2) is 4.81. The van der Waals surface area contributed by atoms with E-state index in [0.29, 0.717) is 11.4 Å². The van der Waals surface area contributed by atoms with E-state index in [4.69, 9.17) is 11.6 Å². The molecule has 16 heavy (non-hydrogen) atoms. The lowest BCUT2D eigenvalue weighted by molar-refractivity contribution is 0.0994. The van der Waals surface area contributed by atoms with E-state index in [2.05, 4.69) is 11.4 Å². The van der Waals surface area contributed by atoms with Crippen molar-refractivity contribution in [1.29, 1.82) is 0 Å². The lowest BCUT2D eigenvalue weighted by atomic mass is 10.1. The number of carbonyl (C=O) groups excluding carboxylic acids is 1. The zero-order valence-corrected chi connectivity index (χ0v) is 10.4. The molecule has 0 bridgehead atoms. The van der Waals surface area contributed by atoms with Crippen LogP contribution >= 0.6 is 22.9 Å². The summed E-state index contributed by atoms with van der Waals surface area (Å²) in [4.78, 5) is 13.0. The van der Waals surface area contributed by atoms with Crippen molar-refractivity contribution in [2.24, 2.45) is 0 Å². The predicted molar refractivity (Wildman–Crippen MR) is 68.5 cm³/mol. The predicted octanol–water partition coefficient (Wildman–Crippen LogP) is 4.14. The average Bonchev–Trinajstić information content (AvgIpc) is 2.65. The van der Waals surface area contributed by atoms with Gasteiger partial charge in [0.15, 0.2) is 5.78 Å². The zero-order chi connectivity index (χ0) is 11.5. The van der Waals surface area contributed by atoms with Gasteiger partial charge in [0.05, 0.1) is 0 Å². The number of rotatable bonds is 3. The normalized spacial score (nSPS) is 10.4. The van der Waals surface area contributed by atoms with Gasteiger partial charge in [-0.2, -0.15) is 0 Å². The average molecular weight is 251 g/mol. The summed E-state index contributed by atoms with van der Waals surface area (Å²) < 4.78 is 0. The maximum Gasteiger partial charge on any atom is 0.168 e. The monoisotopic (exact) mass is 250 g/mol. The molecule has 0 saturated carbocycles. The van der Waals surface area contributed by atoms with Crippen molar-refractivity contribution in [3.8, 4) is 0 Å². The number of thiophene rings is 1. The molecule has 0 aliphatic carbocycles. The van der Waals surface area contributed by atoms with Gasteiger partial charge in [-0.1, -0.05) is 11.6 Å². The number of benzene rings is 1. The van der Waals surface area contributed by atoms with Crippen molar-refractivity contribution >= 4 is 28.7 Å². The van der Waals surface area contributed by atoms with Crippen LogP contribution in [0.15, 0.2) is 35.7 Å². The van der Waals surface area contributed by atoms with Crippen LogP contribution in [0.1, 0.15) is 20.8 Å². The lowest BCUT2D eigenvalue weighted by Gasteiger charge is -1.99. The minimum atomic E-state index is 0.138. The molecular formula is C13H11ClOS. The summed E-state index contributed by atoms with van der Waals surface area (Å²) in [6, 6.07) is 9.08. The molecule has 2 aromatic rings. The maximum absolute atomic E-state index is 11.9. The molecule has 0 spiro atoms. The largest absolute Gasteiger partial charge is 0.294 e. The van der Waals surface area contributed by atoms with Gasteiger partial charge in [-0.3, -0.25) is 4.79 Å². The summed E-state index contributed by atoms with van der Waals surface area (Å²) in [6.45, 7) is 2.03. The Morgan fingerprint density at radius 1 is 1.31 bits per heavy atom. The van der Waals surface area contributed by atoms with Gasteiger partial charge in [0.1, 0.15) is 0 Å². The minimum absolute atomic E-state index is 0.138. The number of halogens is 1. The topological polar surface area (TPSA) is 17.1 Å². The summed E-state index contributed by atoms with van der Waals surface area (Å²) in [5.41, 5.74) is 1.93. The van der Waals surface area contributed by atoms with Crippen LogP contribution in [0.3, 0.4) is 0 Å². The minimum Gasteiger partial charge on any atom is -0.294 e. The standard InChI is InChI=1S/C13H11ClOS/c1-9-6-12(16-8-9)7-13(15)10-2-4-11(14)5-3-10/h2-6,8H,7H2,1H3. The number of Topliss-reactive ketones (excluding diaryl/α,β-unsaturated/α-hetero) is 1. The van der Waals surface area contributed by atoms with Crippen LogP contribution in [0.5, 0.6) is 0 Å². The van der Waals surface area contributed by atoms with Crippen molar-refractivity contribution in [2.45, 2.75) is 13.3 Å². The van der Waals surface area contributed by atoms with Crippen LogP contribution in [0.25, 0.3) is 0 Å². The van der Waals surface area contributed by atoms with Gasteiger partial charge in [-0.15, -0.1) is 11.3 Å². The molecule has 0 radical (unpaired) electrons. The molecule has 0 aliphatic heterocycles. The second-order valence-corrected chi connectivity index (χ2v) is 5.13. The molecule has 0 unspecified atom stereocenters. The van der Waals surface area contributed by atoms with Crippen molar-refractivity contribution in [2.75, 3.05) is 0 Å². The number of aryl methyl sites for hydroxylation is 1. The van der Waals surface area contributed by atoms with Crippen LogP contribution in [0.4, 0.5) is 0 Å². The van der Waals surface area contributed by atoms with Gasteiger partial charge in [0.25, 0.3) is 0 Å². The van der Waals surface area contributed by atoms with Crippen molar-refractivity contribution in [3.05, 3.63) is 56.7 Å². The van der Waals surface area contributed by atoms with Gasteiger partial charge < -0.3 is 0 Å². The van der Waals surface area contributed by atoms with E-state index in [1.165, 1.54) is 5.56 Å². The summed E-state index contributed by atoms with van der Waals surface area (Å²) >= 11 is 7.40. The van der Waals surface area contributed by atoms with E-state index in [0.717, 1.165) is 10.4 Å². The fourth-order valence-corrected chi connectivity index (χ4v) is 2.48. The number of hydrogen-bond donors (Lipinski definition) is 0. The van der Waals surface area contributed by atoms with Crippen LogP contribution in [0.2, 0.25) is 5.02 Å². The third kappa shape index (κ3) is 2.71. The Hall–Kier alpha value is -1.12. The molecule has 1 nitrogen and oxygen atoms in total. The molecule has 1 heterocycles. The van der Waals surface area contributed by atoms with Gasteiger partial charge in [0.2, 0.25) is 0 Å². The zero-order valence-electron chi connectivity index (χ0n) is 8.87. The first-order chi connectivity index (χ1) is 7.65. The van der Waals surface area contributed by atoms with Crippen LogP contribution in [-0.4, -0.2) is 5.78 Å². The molecule has 0 aliphatic rings. The molecular weight excluding hydrogens is 240 g/mol. The van der Waals surface area contributed by atoms with E-state index >= 15 is 0 Å². The van der Waals surface area contributed by atoms with Crippen LogP contribution in [-0.2, 0) is 6.42 Å². The summed E-state index contributed by atoms with van der Waals surface area (Å²) in [5.74, 6) is 0.138. The number of ketones is 1. The third-order valence-electron chi connectivity index (χ3n) is 2.29. The Balaban J connectivity index is 2.11. The molecule has 3 heteroatoms. The highest BCUT2D eigenvalue weighted by molar-refractivity contribution is 7.10. The number of hydrogen-bond acceptors (Lipinski definition) is 2. The molecule has 0 N–H and O–H groups in total. The quantitative estimate of drug-likeness (QED) is 0.749. The van der Waals surface area contributed by atoms with E-state index in [-0.39, 0.29) is 5.78 Å². The molecule has 0 saturated heterocycles. The summed E-state index contributed by atoms with van der Waals surface area (Å²) in [7, 11) is 0. The van der Waals surface area contributed by atoms with E-state index in [9.17, 15) is 4.79 Å². The Bertz CT molecular complexity index is 499. The summed E-state index contributed by atoms with van der Waals surface area (Å²) in [6.07, 6.45) is 0.472. The molecule has 2 rings (SSSR count). The first-order valence-corrected chi connectivity index (χ1v) is 6.24. The maximum atomic E-state index is 11.9. The Kier molecular flexibility index (Phi) is 3.42. The van der Waals surface area contributed by atoms with Gasteiger partial charge in [0, 0.05) is 21.9 Å². The third-order valence-corrected chi connectivity index (χ3v) is 3.59. The van der Waals surface area contributed by atoms with E-state index < -0.39 is 0 Å². The van der Waals surface area contributed by atoms with Gasteiger partial charge >= 0.3 is 0 Å². The van der Waals surface area contributed by atoms with Gasteiger partial charge in [-0.05, 0) is 48.2 Å². The molecule has 0 amide bonds. The fourth-order valence-electron chi connectivity index (χ4n) is 1.48. The SMILES string of the molecule is Cc1csc(CC(=O)c2ccc(Cl)cc2)c1. The van der Waals surface area contributed by atoms with Crippen LogP contribution < -0.4 is 0 Å². The van der Waals surface area contributed by atoms with Crippen LogP contribution in [0, 0.1) is 6.92 Å². The lowest BCUT2D eigenvalue weighted by Crippen LogP contribution is -2.01. The Labute approximate surface area is 104 Å². The first-order valence-electron chi connectivity index (χ1n) is 4.98. The summed E-state index contributed by atoms with van der Waals surface area (Å²) in [5, 5.41) is 2.72. The smallest absolute Gasteiger partial charge is 0.168 e. The molecule has 1 aromatic heterocycles. The first kappa shape index (κ1) is 11.4. The van der Waals surface area contributed by atoms with Gasteiger partial charge in [-0.25, -0.2) is 0 Å². The highest BCUT2D eigenvalue weighted by Gasteiger charge is 2.08. The Morgan fingerprint density at radius 2 is 2.00 bits per heavy atom. The molecule has 0 fully saturated rings. The Morgan fingerprint density at radius 3 is 2.56 bits per heavy atom. The highest BCUT2D eigenvalue weighted by atomic mass is 35.5. The molecule has 0 atom stereocenters. The van der Waals surface area contributed by atoms with E-state index in [1.54, 1.807) is 35.6 Å². The van der Waals surface area contributed by atoms with Crippen molar-refractivity contribution in [1.82, 2.24) is 0 Å².